The average Bonchev–Trinajstić information content (AvgIpc) is 3.35. The van der Waals surface area contributed by atoms with Crippen molar-refractivity contribution in [1.29, 1.82) is 0 Å². The molecule has 0 unspecified atom stereocenters. The number of amides is 2. The first kappa shape index (κ1) is 28.4. The van der Waals surface area contributed by atoms with E-state index in [0.29, 0.717) is 5.75 Å². The first-order chi connectivity index (χ1) is 19.7. The molecular weight excluding hydrogens is 538 g/mol. The number of carbonyl (C=O) groups is 5. The van der Waals surface area contributed by atoms with Crippen molar-refractivity contribution in [2.45, 2.75) is 6.42 Å². The number of ether oxygens (including phenoxy) is 3. The summed E-state index contributed by atoms with van der Waals surface area (Å²) < 4.78 is 15.5. The van der Waals surface area contributed by atoms with Crippen molar-refractivity contribution in [3.63, 3.8) is 0 Å². The standard InChI is InChI=1S/C28H23N3O10/c1-39-21-6-4-5-18(13-21)28(36)41-20-11-9-17(10-12-20)24(32)16-40-27(35)19-14-25(33)30(15-19)29-26(34)22-7-2-3-8-23(22)31(37)38/h2-13,19H,14-16H2,1H3,(H,29,34)/t19-/m0/s1. The number of hydrogen-bond acceptors (Lipinski definition) is 10. The lowest BCUT2D eigenvalue weighted by Crippen LogP contribution is -2.43. The Morgan fingerprint density at radius 2 is 1.71 bits per heavy atom. The van der Waals surface area contributed by atoms with Gasteiger partial charge in [-0.15, -0.1) is 0 Å². The molecule has 0 saturated carbocycles. The van der Waals surface area contributed by atoms with Crippen LogP contribution in [0.4, 0.5) is 5.69 Å². The molecule has 0 aromatic heterocycles. The molecule has 1 N–H and O–H groups in total. The predicted octanol–water partition coefficient (Wildman–Crippen LogP) is 2.74. The van der Waals surface area contributed by atoms with E-state index >= 15 is 0 Å². The van der Waals surface area contributed by atoms with E-state index in [-0.39, 0.29) is 35.4 Å². The van der Waals surface area contributed by atoms with Gasteiger partial charge in [0.15, 0.2) is 12.4 Å². The molecule has 13 heteroatoms. The van der Waals surface area contributed by atoms with E-state index in [0.717, 1.165) is 11.1 Å². The summed E-state index contributed by atoms with van der Waals surface area (Å²) in [5, 5.41) is 12.1. The number of ketones is 1. The van der Waals surface area contributed by atoms with Crippen LogP contribution in [-0.4, -0.2) is 59.7 Å². The van der Waals surface area contributed by atoms with E-state index in [1.807, 2.05) is 0 Å². The number of hydrazine groups is 1. The van der Waals surface area contributed by atoms with Crippen molar-refractivity contribution < 1.29 is 43.1 Å². The van der Waals surface area contributed by atoms with Crippen molar-refractivity contribution in [2.75, 3.05) is 20.3 Å². The smallest absolute Gasteiger partial charge is 0.343 e. The Hall–Kier alpha value is -5.59. The number of Topliss-reactive ketones (excluding diaryl/α,β-unsaturated/α-hetero) is 1. The highest BCUT2D eigenvalue weighted by molar-refractivity contribution is 6.00. The second-order valence-electron chi connectivity index (χ2n) is 8.80. The summed E-state index contributed by atoms with van der Waals surface area (Å²) in [5.41, 5.74) is 2.06. The number of nitro groups is 1. The van der Waals surface area contributed by atoms with E-state index in [9.17, 15) is 34.1 Å². The number of rotatable bonds is 10. The highest BCUT2D eigenvalue weighted by Crippen LogP contribution is 2.21. The van der Waals surface area contributed by atoms with Crippen LogP contribution in [0.5, 0.6) is 11.5 Å². The summed E-state index contributed by atoms with van der Waals surface area (Å²) in [6.07, 6.45) is -0.280. The van der Waals surface area contributed by atoms with Gasteiger partial charge in [0.1, 0.15) is 17.1 Å². The number of nitrogens with one attached hydrogen (secondary N) is 1. The number of esters is 2. The van der Waals surface area contributed by atoms with Gasteiger partial charge in [-0.05, 0) is 48.5 Å². The molecule has 1 saturated heterocycles. The van der Waals surface area contributed by atoms with Gasteiger partial charge in [-0.3, -0.25) is 39.7 Å². The number of para-hydroxylation sites is 1. The van der Waals surface area contributed by atoms with Crippen LogP contribution in [0.25, 0.3) is 0 Å². The van der Waals surface area contributed by atoms with Gasteiger partial charge in [0.25, 0.3) is 11.6 Å². The lowest BCUT2D eigenvalue weighted by atomic mass is 10.1. The average molecular weight is 562 g/mol. The fraction of sp³-hybridized carbons (Fsp3) is 0.179. The van der Waals surface area contributed by atoms with E-state index in [2.05, 4.69) is 5.43 Å². The number of carbonyl (C=O) groups excluding carboxylic acids is 5. The highest BCUT2D eigenvalue weighted by Gasteiger charge is 2.37. The molecule has 2 amide bonds. The molecule has 3 aromatic rings. The summed E-state index contributed by atoms with van der Waals surface area (Å²) >= 11 is 0. The maximum atomic E-state index is 12.5. The quantitative estimate of drug-likeness (QED) is 0.128. The van der Waals surface area contributed by atoms with Crippen molar-refractivity contribution >= 4 is 35.2 Å². The third kappa shape index (κ3) is 6.89. The maximum absolute atomic E-state index is 12.5. The Kier molecular flexibility index (Phi) is 8.67. The zero-order valence-corrected chi connectivity index (χ0v) is 21.6. The molecule has 3 aromatic carbocycles. The van der Waals surface area contributed by atoms with Gasteiger partial charge in [-0.2, -0.15) is 0 Å². The predicted molar refractivity (Wildman–Crippen MR) is 140 cm³/mol. The normalized spacial score (nSPS) is 14.2. The molecule has 1 fully saturated rings. The lowest BCUT2D eigenvalue weighted by molar-refractivity contribution is -0.385. The van der Waals surface area contributed by atoms with Crippen molar-refractivity contribution in [1.82, 2.24) is 10.4 Å². The number of nitrogens with zero attached hydrogens (tertiary/aromatic N) is 2. The van der Waals surface area contributed by atoms with Crippen LogP contribution >= 0.6 is 0 Å². The molecule has 13 nitrogen and oxygen atoms in total. The fourth-order valence-corrected chi connectivity index (χ4v) is 3.94. The molecule has 1 atom stereocenters. The first-order valence-electron chi connectivity index (χ1n) is 12.2. The molecule has 0 radical (unpaired) electrons. The monoisotopic (exact) mass is 561 g/mol. The number of benzene rings is 3. The molecule has 1 heterocycles. The third-order valence-corrected chi connectivity index (χ3v) is 6.08. The molecule has 4 rings (SSSR count). The van der Waals surface area contributed by atoms with Crippen molar-refractivity contribution in [3.8, 4) is 11.5 Å². The molecule has 1 aliphatic rings. The summed E-state index contributed by atoms with van der Waals surface area (Å²) in [6, 6.07) is 17.3. The van der Waals surface area contributed by atoms with E-state index < -0.39 is 52.7 Å². The Balaban J connectivity index is 1.27. The first-order valence-corrected chi connectivity index (χ1v) is 12.2. The summed E-state index contributed by atoms with van der Waals surface area (Å²) in [6.45, 7) is -0.833. The molecule has 1 aliphatic heterocycles. The largest absolute Gasteiger partial charge is 0.497 e. The molecule has 0 bridgehead atoms. The van der Waals surface area contributed by atoms with Crippen LogP contribution in [-0.2, 0) is 14.3 Å². The SMILES string of the molecule is COc1cccc(C(=O)Oc2ccc(C(=O)COC(=O)[C@H]3CC(=O)N(NC(=O)c4ccccc4[N+](=O)[O-])C3)cc2)c1. The van der Waals surface area contributed by atoms with Gasteiger partial charge in [-0.1, -0.05) is 18.2 Å². The minimum Gasteiger partial charge on any atom is -0.497 e. The summed E-state index contributed by atoms with van der Waals surface area (Å²) in [7, 11) is 1.48. The van der Waals surface area contributed by atoms with Crippen molar-refractivity contribution in [3.05, 3.63) is 99.6 Å². The Bertz CT molecular complexity index is 1520. The van der Waals surface area contributed by atoms with E-state index in [1.54, 1.807) is 18.2 Å². The van der Waals surface area contributed by atoms with Gasteiger partial charge in [-0.25, -0.2) is 4.79 Å². The fourth-order valence-electron chi connectivity index (χ4n) is 3.94. The van der Waals surface area contributed by atoms with Gasteiger partial charge < -0.3 is 14.2 Å². The topological polar surface area (TPSA) is 171 Å². The Labute approximate surface area is 232 Å². The minimum absolute atomic E-state index is 0.193. The van der Waals surface area contributed by atoms with Gasteiger partial charge in [0.05, 0.1) is 30.1 Å². The molecular formula is C28H23N3O10. The summed E-state index contributed by atoms with van der Waals surface area (Å²) in [4.78, 5) is 72.6. The maximum Gasteiger partial charge on any atom is 0.343 e. The molecule has 210 valence electrons. The molecule has 41 heavy (non-hydrogen) atoms. The van der Waals surface area contributed by atoms with Gasteiger partial charge >= 0.3 is 11.9 Å². The van der Waals surface area contributed by atoms with E-state index in [4.69, 9.17) is 14.2 Å². The van der Waals surface area contributed by atoms with Crippen LogP contribution in [0.2, 0.25) is 0 Å². The molecule has 0 aliphatic carbocycles. The van der Waals surface area contributed by atoms with Gasteiger partial charge in [0.2, 0.25) is 5.91 Å². The zero-order valence-electron chi connectivity index (χ0n) is 21.6. The Morgan fingerprint density at radius 3 is 2.41 bits per heavy atom. The van der Waals surface area contributed by atoms with Crippen LogP contribution in [0.1, 0.15) is 37.5 Å². The zero-order chi connectivity index (χ0) is 29.5. The summed E-state index contributed by atoms with van der Waals surface area (Å²) in [5.74, 6) is -3.72. The second kappa shape index (κ2) is 12.5. The van der Waals surface area contributed by atoms with Crippen molar-refractivity contribution in [2.24, 2.45) is 5.92 Å². The van der Waals surface area contributed by atoms with Crippen LogP contribution in [0, 0.1) is 16.0 Å². The number of hydrogen-bond donors (Lipinski definition) is 1. The van der Waals surface area contributed by atoms with Crippen LogP contribution in [0.3, 0.4) is 0 Å². The number of methoxy groups -OCH3 is 1. The van der Waals surface area contributed by atoms with Crippen LogP contribution < -0.4 is 14.9 Å². The number of nitro benzene ring substituents is 1. The highest BCUT2D eigenvalue weighted by atomic mass is 16.6. The minimum atomic E-state index is -0.959. The van der Waals surface area contributed by atoms with Crippen LogP contribution in [0.15, 0.2) is 72.8 Å². The lowest BCUT2D eigenvalue weighted by Gasteiger charge is -2.17. The third-order valence-electron chi connectivity index (χ3n) is 6.08. The Morgan fingerprint density at radius 1 is 0.976 bits per heavy atom. The van der Waals surface area contributed by atoms with E-state index in [1.165, 1.54) is 55.6 Å². The van der Waals surface area contributed by atoms with Gasteiger partial charge in [0, 0.05) is 18.1 Å². The second-order valence-corrected chi connectivity index (χ2v) is 8.80. The molecule has 0 spiro atoms.